The number of carbonyl (C=O) groups is 1. The Hall–Kier alpha value is -3.22. The molecule has 0 aliphatic heterocycles. The Morgan fingerprint density at radius 3 is 2.29 bits per heavy atom. The molecule has 0 saturated carbocycles. The molecule has 7 heteroatoms. The van der Waals surface area contributed by atoms with Crippen LogP contribution < -0.4 is 14.9 Å². The van der Waals surface area contributed by atoms with E-state index in [0.29, 0.717) is 22.8 Å². The average molecular weight is 330 g/mol. The Morgan fingerprint density at radius 2 is 1.71 bits per heavy atom. The molecule has 2 rings (SSSR count). The van der Waals surface area contributed by atoms with Gasteiger partial charge in [-0.1, -0.05) is 0 Å². The first-order chi connectivity index (χ1) is 11.4. The van der Waals surface area contributed by atoms with Crippen LogP contribution in [0.15, 0.2) is 41.5 Å². The van der Waals surface area contributed by atoms with Gasteiger partial charge in [-0.15, -0.1) is 0 Å². The summed E-state index contributed by atoms with van der Waals surface area (Å²) in [5.41, 5.74) is 3.67. The largest absolute Gasteiger partial charge is 0.508 e. The number of rotatable bonds is 5. The lowest BCUT2D eigenvalue weighted by molar-refractivity contribution is 0.0954. The molecule has 0 aliphatic carbocycles. The van der Waals surface area contributed by atoms with Crippen LogP contribution in [-0.2, 0) is 0 Å². The van der Waals surface area contributed by atoms with Crippen LogP contribution in [-0.4, -0.2) is 36.1 Å². The van der Waals surface area contributed by atoms with E-state index >= 15 is 0 Å². The van der Waals surface area contributed by atoms with Crippen molar-refractivity contribution in [2.75, 3.05) is 14.2 Å². The molecule has 24 heavy (non-hydrogen) atoms. The van der Waals surface area contributed by atoms with Gasteiger partial charge < -0.3 is 19.7 Å². The standard InChI is InChI=1S/C17H18N2O5/c1-10(15-5-4-14(23-2)9-16(15)24-3)18-19-17(22)11-6-12(20)8-13(21)7-11/h4-9,20-21H,1-3H3,(H,19,22)/b18-10+. The van der Waals surface area contributed by atoms with E-state index in [-0.39, 0.29) is 17.1 Å². The number of nitrogens with zero attached hydrogens (tertiary/aromatic N) is 1. The first-order valence-electron chi connectivity index (χ1n) is 7.04. The van der Waals surface area contributed by atoms with Crippen molar-refractivity contribution in [1.82, 2.24) is 5.43 Å². The van der Waals surface area contributed by atoms with Gasteiger partial charge in [-0.25, -0.2) is 5.43 Å². The van der Waals surface area contributed by atoms with Gasteiger partial charge in [0.1, 0.15) is 23.0 Å². The molecule has 0 radical (unpaired) electrons. The van der Waals surface area contributed by atoms with Gasteiger partial charge in [-0.05, 0) is 31.2 Å². The van der Waals surface area contributed by atoms with E-state index in [4.69, 9.17) is 9.47 Å². The van der Waals surface area contributed by atoms with Crippen molar-refractivity contribution in [3.05, 3.63) is 47.5 Å². The van der Waals surface area contributed by atoms with Crippen molar-refractivity contribution in [1.29, 1.82) is 0 Å². The number of methoxy groups -OCH3 is 2. The number of carbonyl (C=O) groups excluding carboxylic acids is 1. The fourth-order valence-corrected chi connectivity index (χ4v) is 2.08. The van der Waals surface area contributed by atoms with E-state index in [1.807, 2.05) is 0 Å². The Morgan fingerprint density at radius 1 is 1.04 bits per heavy atom. The maximum Gasteiger partial charge on any atom is 0.271 e. The molecule has 2 aromatic carbocycles. The maximum absolute atomic E-state index is 12.0. The van der Waals surface area contributed by atoms with Crippen LogP contribution in [0, 0.1) is 0 Å². The molecular formula is C17H18N2O5. The summed E-state index contributed by atoms with van der Waals surface area (Å²) in [7, 11) is 3.08. The number of nitrogens with one attached hydrogen (secondary N) is 1. The van der Waals surface area contributed by atoms with E-state index < -0.39 is 5.91 Å². The topological polar surface area (TPSA) is 100 Å². The maximum atomic E-state index is 12.0. The fourth-order valence-electron chi connectivity index (χ4n) is 2.08. The molecule has 1 amide bonds. The number of benzene rings is 2. The van der Waals surface area contributed by atoms with E-state index in [0.717, 1.165) is 6.07 Å². The first kappa shape index (κ1) is 17.1. The van der Waals surface area contributed by atoms with Crippen LogP contribution in [0.5, 0.6) is 23.0 Å². The molecule has 7 nitrogen and oxygen atoms in total. The Bertz CT molecular complexity index is 766. The highest BCUT2D eigenvalue weighted by molar-refractivity contribution is 6.03. The Labute approximate surface area is 139 Å². The number of hydrogen-bond acceptors (Lipinski definition) is 6. The molecule has 0 spiro atoms. The highest BCUT2D eigenvalue weighted by Crippen LogP contribution is 2.25. The second kappa shape index (κ2) is 7.36. The number of aromatic hydroxyl groups is 2. The van der Waals surface area contributed by atoms with E-state index in [2.05, 4.69) is 10.5 Å². The van der Waals surface area contributed by atoms with Crippen molar-refractivity contribution in [3.63, 3.8) is 0 Å². The lowest BCUT2D eigenvalue weighted by atomic mass is 10.1. The van der Waals surface area contributed by atoms with E-state index in [1.165, 1.54) is 19.2 Å². The molecule has 3 N–H and O–H groups in total. The molecule has 0 fully saturated rings. The van der Waals surface area contributed by atoms with Gasteiger partial charge in [-0.3, -0.25) is 4.79 Å². The van der Waals surface area contributed by atoms with Crippen molar-refractivity contribution in [3.8, 4) is 23.0 Å². The highest BCUT2D eigenvalue weighted by atomic mass is 16.5. The van der Waals surface area contributed by atoms with Gasteiger partial charge in [0.2, 0.25) is 0 Å². The lowest BCUT2D eigenvalue weighted by Crippen LogP contribution is -2.19. The minimum Gasteiger partial charge on any atom is -0.508 e. The van der Waals surface area contributed by atoms with Crippen LogP contribution in [0.4, 0.5) is 0 Å². The quantitative estimate of drug-likeness (QED) is 0.577. The number of hydrogen-bond donors (Lipinski definition) is 3. The molecule has 0 unspecified atom stereocenters. The van der Waals surface area contributed by atoms with Crippen LogP contribution in [0.3, 0.4) is 0 Å². The van der Waals surface area contributed by atoms with Crippen LogP contribution in [0.25, 0.3) is 0 Å². The third kappa shape index (κ3) is 3.95. The number of hydrazone groups is 1. The zero-order valence-electron chi connectivity index (χ0n) is 13.5. The van der Waals surface area contributed by atoms with Crippen LogP contribution in [0.2, 0.25) is 0 Å². The zero-order valence-corrected chi connectivity index (χ0v) is 13.5. The summed E-state index contributed by atoms with van der Waals surface area (Å²) >= 11 is 0. The second-order valence-corrected chi connectivity index (χ2v) is 4.94. The number of phenols is 2. The molecule has 0 aliphatic rings. The summed E-state index contributed by atoms with van der Waals surface area (Å²) in [6.07, 6.45) is 0. The normalized spacial score (nSPS) is 11.0. The molecular weight excluding hydrogens is 312 g/mol. The molecule has 0 atom stereocenters. The SMILES string of the molecule is COc1ccc(/C(C)=N/NC(=O)c2cc(O)cc(O)c2)c(OC)c1. The third-order valence-corrected chi connectivity index (χ3v) is 3.29. The fraction of sp³-hybridized carbons (Fsp3) is 0.176. The molecule has 0 bridgehead atoms. The predicted molar refractivity (Wildman–Crippen MR) is 89.0 cm³/mol. The van der Waals surface area contributed by atoms with Crippen LogP contribution in [0.1, 0.15) is 22.8 Å². The van der Waals surface area contributed by atoms with Gasteiger partial charge in [0.05, 0.1) is 19.9 Å². The Balaban J connectivity index is 2.20. The van der Waals surface area contributed by atoms with E-state index in [1.54, 1.807) is 32.2 Å². The number of phenolic OH excluding ortho intramolecular Hbond substituents is 2. The van der Waals surface area contributed by atoms with Crippen LogP contribution >= 0.6 is 0 Å². The smallest absolute Gasteiger partial charge is 0.271 e. The van der Waals surface area contributed by atoms with Crippen molar-refractivity contribution in [2.45, 2.75) is 6.92 Å². The van der Waals surface area contributed by atoms with Gasteiger partial charge in [0.15, 0.2) is 0 Å². The van der Waals surface area contributed by atoms with Crippen molar-refractivity contribution < 1.29 is 24.5 Å². The van der Waals surface area contributed by atoms with Gasteiger partial charge >= 0.3 is 0 Å². The van der Waals surface area contributed by atoms with Gasteiger partial charge in [0.25, 0.3) is 5.91 Å². The summed E-state index contributed by atoms with van der Waals surface area (Å²) in [5, 5.41) is 22.9. The van der Waals surface area contributed by atoms with Crippen molar-refractivity contribution in [2.24, 2.45) is 5.10 Å². The lowest BCUT2D eigenvalue weighted by Gasteiger charge is -2.10. The second-order valence-electron chi connectivity index (χ2n) is 4.94. The summed E-state index contributed by atoms with van der Waals surface area (Å²) in [5.74, 6) is 0.214. The molecule has 0 saturated heterocycles. The minimum absolute atomic E-state index is 0.0887. The Kier molecular flexibility index (Phi) is 5.26. The first-order valence-corrected chi connectivity index (χ1v) is 7.04. The van der Waals surface area contributed by atoms with E-state index in [9.17, 15) is 15.0 Å². The molecule has 0 aromatic heterocycles. The number of ether oxygens (including phenoxy) is 2. The number of amides is 1. The summed E-state index contributed by atoms with van der Waals surface area (Å²) in [4.78, 5) is 12.0. The highest BCUT2D eigenvalue weighted by Gasteiger charge is 2.11. The van der Waals surface area contributed by atoms with Gasteiger partial charge in [-0.2, -0.15) is 5.10 Å². The summed E-state index contributed by atoms with van der Waals surface area (Å²) in [6, 6.07) is 8.83. The summed E-state index contributed by atoms with van der Waals surface area (Å²) < 4.78 is 10.4. The third-order valence-electron chi connectivity index (χ3n) is 3.29. The minimum atomic E-state index is -0.562. The van der Waals surface area contributed by atoms with Gasteiger partial charge in [0, 0.05) is 23.3 Å². The molecule has 2 aromatic rings. The predicted octanol–water partition coefficient (Wildman–Crippen LogP) is 2.27. The molecule has 126 valence electrons. The van der Waals surface area contributed by atoms with Crippen molar-refractivity contribution >= 4 is 11.6 Å². The monoisotopic (exact) mass is 330 g/mol. The average Bonchev–Trinajstić information content (AvgIpc) is 2.57. The molecule has 0 heterocycles. The zero-order chi connectivity index (χ0) is 17.7. The summed E-state index contributed by atoms with van der Waals surface area (Å²) in [6.45, 7) is 1.71.